The topological polar surface area (TPSA) is 72.2 Å². The van der Waals surface area contributed by atoms with Crippen LogP contribution in [-0.4, -0.2) is 17.9 Å². The number of carbonyl (C=O) groups excluding carboxylic acids is 2. The average molecular weight is 339 g/mol. The molecule has 1 atom stereocenters. The molecular formula is C11H10BrF3N2O2. The van der Waals surface area contributed by atoms with Gasteiger partial charge in [-0.3, -0.25) is 9.59 Å². The SMILES string of the molecule is CC(NC(=O)c1cccc(C(F)(F)F)c1Br)C(N)=O. The van der Waals surface area contributed by atoms with E-state index in [9.17, 15) is 22.8 Å². The van der Waals surface area contributed by atoms with Gasteiger partial charge in [-0.05, 0) is 35.0 Å². The van der Waals surface area contributed by atoms with Crippen molar-refractivity contribution >= 4 is 27.7 Å². The standard InChI is InChI=1S/C11H10BrF3N2O2/c1-5(9(16)18)17-10(19)6-3-2-4-7(8(6)12)11(13,14)15/h2-5H,1H3,(H2,16,18)(H,17,19). The van der Waals surface area contributed by atoms with Crippen LogP contribution in [0.25, 0.3) is 0 Å². The van der Waals surface area contributed by atoms with E-state index < -0.39 is 29.6 Å². The Morgan fingerprint density at radius 3 is 2.42 bits per heavy atom. The van der Waals surface area contributed by atoms with Gasteiger partial charge < -0.3 is 11.1 Å². The highest BCUT2D eigenvalue weighted by Gasteiger charge is 2.34. The monoisotopic (exact) mass is 338 g/mol. The van der Waals surface area contributed by atoms with Gasteiger partial charge in [0, 0.05) is 4.47 Å². The van der Waals surface area contributed by atoms with Crippen LogP contribution in [0.3, 0.4) is 0 Å². The van der Waals surface area contributed by atoms with Gasteiger partial charge in [0.1, 0.15) is 6.04 Å². The van der Waals surface area contributed by atoms with E-state index in [1.165, 1.54) is 13.0 Å². The van der Waals surface area contributed by atoms with E-state index in [0.717, 1.165) is 12.1 Å². The summed E-state index contributed by atoms with van der Waals surface area (Å²) in [6.07, 6.45) is -4.58. The van der Waals surface area contributed by atoms with Crippen molar-refractivity contribution in [2.45, 2.75) is 19.1 Å². The fraction of sp³-hybridized carbons (Fsp3) is 0.273. The number of primary amides is 1. The number of amides is 2. The number of halogens is 4. The lowest BCUT2D eigenvalue weighted by Crippen LogP contribution is -2.42. The molecule has 1 unspecified atom stereocenters. The molecule has 2 amide bonds. The number of rotatable bonds is 3. The number of hydrogen-bond acceptors (Lipinski definition) is 2. The molecule has 19 heavy (non-hydrogen) atoms. The second kappa shape index (κ2) is 5.60. The minimum absolute atomic E-state index is 0.220. The number of benzene rings is 1. The molecule has 0 saturated carbocycles. The van der Waals surface area contributed by atoms with Gasteiger partial charge >= 0.3 is 6.18 Å². The molecule has 1 aromatic rings. The number of alkyl halides is 3. The van der Waals surface area contributed by atoms with Gasteiger partial charge in [0.2, 0.25) is 5.91 Å². The third-order valence-electron chi connectivity index (χ3n) is 2.32. The fourth-order valence-electron chi connectivity index (χ4n) is 1.27. The van der Waals surface area contributed by atoms with Crippen molar-refractivity contribution in [1.82, 2.24) is 5.32 Å². The van der Waals surface area contributed by atoms with E-state index in [-0.39, 0.29) is 10.0 Å². The molecule has 0 bridgehead atoms. The third kappa shape index (κ3) is 3.69. The van der Waals surface area contributed by atoms with Crippen LogP contribution in [0.15, 0.2) is 22.7 Å². The molecule has 0 aliphatic heterocycles. The van der Waals surface area contributed by atoms with Crippen molar-refractivity contribution in [1.29, 1.82) is 0 Å². The molecule has 4 nitrogen and oxygen atoms in total. The van der Waals surface area contributed by atoms with Gasteiger partial charge in [-0.15, -0.1) is 0 Å². The summed E-state index contributed by atoms with van der Waals surface area (Å²) in [4.78, 5) is 22.5. The predicted molar refractivity (Wildman–Crippen MR) is 65.3 cm³/mol. The fourth-order valence-corrected chi connectivity index (χ4v) is 1.94. The molecule has 0 spiro atoms. The Morgan fingerprint density at radius 2 is 1.95 bits per heavy atom. The second-order valence-corrected chi connectivity index (χ2v) is 4.56. The molecule has 0 saturated heterocycles. The third-order valence-corrected chi connectivity index (χ3v) is 3.18. The molecule has 8 heteroatoms. The molecule has 0 fully saturated rings. The summed E-state index contributed by atoms with van der Waals surface area (Å²) in [5.41, 5.74) is 3.77. The van der Waals surface area contributed by atoms with E-state index in [1.807, 2.05) is 0 Å². The summed E-state index contributed by atoms with van der Waals surface area (Å²) >= 11 is 2.75. The van der Waals surface area contributed by atoms with Crippen LogP contribution in [0.2, 0.25) is 0 Å². The Hall–Kier alpha value is -1.57. The van der Waals surface area contributed by atoms with E-state index in [4.69, 9.17) is 5.73 Å². The lowest BCUT2D eigenvalue weighted by atomic mass is 10.1. The molecule has 3 N–H and O–H groups in total. The Morgan fingerprint density at radius 1 is 1.37 bits per heavy atom. The van der Waals surface area contributed by atoms with Gasteiger partial charge in [-0.1, -0.05) is 6.07 Å². The van der Waals surface area contributed by atoms with Crippen molar-refractivity contribution < 1.29 is 22.8 Å². The molecule has 0 radical (unpaired) electrons. The van der Waals surface area contributed by atoms with Crippen LogP contribution in [0.4, 0.5) is 13.2 Å². The van der Waals surface area contributed by atoms with Crippen LogP contribution in [0, 0.1) is 0 Å². The number of carbonyl (C=O) groups is 2. The van der Waals surface area contributed by atoms with Crippen molar-refractivity contribution in [3.8, 4) is 0 Å². The largest absolute Gasteiger partial charge is 0.417 e. The van der Waals surface area contributed by atoms with Gasteiger partial charge in [0.15, 0.2) is 0 Å². The van der Waals surface area contributed by atoms with Crippen LogP contribution in [0.1, 0.15) is 22.8 Å². The van der Waals surface area contributed by atoms with Crippen LogP contribution >= 0.6 is 15.9 Å². The van der Waals surface area contributed by atoms with E-state index in [1.54, 1.807) is 0 Å². The van der Waals surface area contributed by atoms with Gasteiger partial charge in [0.05, 0.1) is 11.1 Å². The minimum atomic E-state index is -4.58. The van der Waals surface area contributed by atoms with Crippen molar-refractivity contribution in [2.75, 3.05) is 0 Å². The van der Waals surface area contributed by atoms with E-state index >= 15 is 0 Å². The number of hydrogen-bond donors (Lipinski definition) is 2. The number of nitrogens with one attached hydrogen (secondary N) is 1. The molecule has 104 valence electrons. The maximum atomic E-state index is 12.6. The number of nitrogens with two attached hydrogens (primary N) is 1. The quantitative estimate of drug-likeness (QED) is 0.885. The van der Waals surface area contributed by atoms with Crippen molar-refractivity contribution in [2.24, 2.45) is 5.73 Å². The first-order chi connectivity index (χ1) is 8.64. The maximum Gasteiger partial charge on any atom is 0.417 e. The molecule has 0 heterocycles. The normalized spacial score (nSPS) is 12.9. The highest BCUT2D eigenvalue weighted by Crippen LogP contribution is 2.36. The first-order valence-corrected chi connectivity index (χ1v) is 5.89. The first-order valence-electron chi connectivity index (χ1n) is 5.10. The first kappa shape index (κ1) is 15.5. The van der Waals surface area contributed by atoms with Gasteiger partial charge in [-0.25, -0.2) is 0 Å². The molecule has 0 aliphatic rings. The summed E-state index contributed by atoms with van der Waals surface area (Å²) in [5, 5.41) is 2.20. The zero-order valence-corrected chi connectivity index (χ0v) is 11.3. The average Bonchev–Trinajstić information content (AvgIpc) is 2.27. The van der Waals surface area contributed by atoms with Crippen molar-refractivity contribution in [3.63, 3.8) is 0 Å². The van der Waals surface area contributed by atoms with Gasteiger partial charge in [0.25, 0.3) is 5.91 Å². The zero-order chi connectivity index (χ0) is 14.8. The van der Waals surface area contributed by atoms with Crippen LogP contribution < -0.4 is 11.1 Å². The smallest absolute Gasteiger partial charge is 0.368 e. The summed E-state index contributed by atoms with van der Waals surface area (Å²) < 4.78 is 37.6. The Kier molecular flexibility index (Phi) is 4.56. The lowest BCUT2D eigenvalue weighted by molar-refractivity contribution is -0.138. The Balaban J connectivity index is 3.09. The van der Waals surface area contributed by atoms with Crippen molar-refractivity contribution in [3.05, 3.63) is 33.8 Å². The highest BCUT2D eigenvalue weighted by atomic mass is 79.9. The second-order valence-electron chi connectivity index (χ2n) is 3.76. The van der Waals surface area contributed by atoms with E-state index in [0.29, 0.717) is 0 Å². The van der Waals surface area contributed by atoms with Gasteiger partial charge in [-0.2, -0.15) is 13.2 Å². The summed E-state index contributed by atoms with van der Waals surface area (Å²) in [5.74, 6) is -1.60. The highest BCUT2D eigenvalue weighted by molar-refractivity contribution is 9.10. The minimum Gasteiger partial charge on any atom is -0.368 e. The summed E-state index contributed by atoms with van der Waals surface area (Å²) in [6.45, 7) is 1.34. The molecule has 0 aliphatic carbocycles. The zero-order valence-electron chi connectivity index (χ0n) is 9.72. The molecular weight excluding hydrogens is 329 g/mol. The van der Waals surface area contributed by atoms with Crippen LogP contribution in [-0.2, 0) is 11.0 Å². The molecule has 1 rings (SSSR count). The van der Waals surface area contributed by atoms with Crippen LogP contribution in [0.5, 0.6) is 0 Å². The molecule has 1 aromatic carbocycles. The Labute approximate surface area is 115 Å². The summed E-state index contributed by atoms with van der Waals surface area (Å²) in [6, 6.07) is 2.19. The maximum absolute atomic E-state index is 12.6. The van der Waals surface area contributed by atoms with E-state index in [2.05, 4.69) is 21.2 Å². The summed E-state index contributed by atoms with van der Waals surface area (Å²) in [7, 11) is 0. The molecule has 0 aromatic heterocycles. The Bertz CT molecular complexity index is 517. The lowest BCUT2D eigenvalue weighted by Gasteiger charge is -2.14. The predicted octanol–water partition coefficient (Wildman–Crippen LogP) is 2.07.